The molecule has 24 heavy (non-hydrogen) atoms. The van der Waals surface area contributed by atoms with Crippen LogP contribution in [0.1, 0.15) is 53.4 Å². The number of nitrogens with two attached hydrogens (primary N) is 1. The Morgan fingerprint density at radius 2 is 2.08 bits per heavy atom. The normalized spacial score (nSPS) is 20.6. The van der Waals surface area contributed by atoms with E-state index in [0.717, 1.165) is 50.8 Å². The van der Waals surface area contributed by atoms with Crippen molar-refractivity contribution in [1.29, 1.82) is 0 Å². The number of urea groups is 1. The lowest BCUT2D eigenvalue weighted by molar-refractivity contribution is 0.100. The van der Waals surface area contributed by atoms with Crippen LogP contribution in [-0.2, 0) is 12.8 Å². The Kier molecular flexibility index (Phi) is 5.40. The van der Waals surface area contributed by atoms with E-state index in [4.69, 9.17) is 5.73 Å². The van der Waals surface area contributed by atoms with Gasteiger partial charge in [0.25, 0.3) is 5.91 Å². The number of likely N-dealkylation sites (tertiary alicyclic amines) is 1. The number of aryl methyl sites for hydroxylation is 1. The van der Waals surface area contributed by atoms with Crippen molar-refractivity contribution in [3.8, 4) is 0 Å². The maximum absolute atomic E-state index is 12.3. The summed E-state index contributed by atoms with van der Waals surface area (Å²) in [7, 11) is 0. The molecule has 0 aromatic carbocycles. The predicted octanol–water partition coefficient (Wildman–Crippen LogP) is 2.33. The number of thiophene rings is 1. The molecule has 1 atom stereocenters. The second-order valence-corrected chi connectivity index (χ2v) is 7.64. The third-order valence-corrected chi connectivity index (χ3v) is 6.26. The van der Waals surface area contributed by atoms with E-state index in [0.29, 0.717) is 23.2 Å². The lowest BCUT2D eigenvalue weighted by atomic mass is 9.95. The van der Waals surface area contributed by atoms with E-state index >= 15 is 0 Å². The van der Waals surface area contributed by atoms with Crippen LogP contribution in [0.4, 0.5) is 9.80 Å². The molecule has 1 fully saturated rings. The smallest absolute Gasteiger partial charge is 0.319 e. The fourth-order valence-electron chi connectivity index (χ4n) is 3.82. The second-order valence-electron chi connectivity index (χ2n) is 6.54. The molecular formula is C17H26N4O2S. The van der Waals surface area contributed by atoms with Crippen LogP contribution in [0.5, 0.6) is 0 Å². The van der Waals surface area contributed by atoms with Crippen LogP contribution in [0.3, 0.4) is 0 Å². The maximum atomic E-state index is 12.3. The highest BCUT2D eigenvalue weighted by Gasteiger charge is 2.26. The lowest BCUT2D eigenvalue weighted by Crippen LogP contribution is -2.41. The molecule has 1 aliphatic carbocycles. The van der Waals surface area contributed by atoms with Gasteiger partial charge >= 0.3 is 6.03 Å². The fourth-order valence-corrected chi connectivity index (χ4v) is 5.10. The number of nitrogens with one attached hydrogen (secondary N) is 2. The van der Waals surface area contributed by atoms with E-state index in [1.807, 2.05) is 0 Å². The van der Waals surface area contributed by atoms with Crippen molar-refractivity contribution in [2.75, 3.05) is 25.0 Å². The summed E-state index contributed by atoms with van der Waals surface area (Å²) in [4.78, 5) is 27.7. The fraction of sp³-hybridized carbons (Fsp3) is 0.647. The van der Waals surface area contributed by atoms with E-state index in [-0.39, 0.29) is 6.03 Å². The van der Waals surface area contributed by atoms with E-state index in [9.17, 15) is 9.59 Å². The number of fused-ring (bicyclic) bond motifs is 1. The molecule has 7 heteroatoms. The molecule has 4 N–H and O–H groups in total. The molecule has 0 bridgehead atoms. The molecule has 0 radical (unpaired) electrons. The first-order valence-corrected chi connectivity index (χ1v) is 9.65. The molecule has 6 nitrogen and oxygen atoms in total. The van der Waals surface area contributed by atoms with Crippen molar-refractivity contribution in [3.63, 3.8) is 0 Å². The summed E-state index contributed by atoms with van der Waals surface area (Å²) in [6.45, 7) is 4.90. The number of nitrogens with zero attached hydrogens (tertiary/aromatic N) is 1. The molecular weight excluding hydrogens is 324 g/mol. The van der Waals surface area contributed by atoms with Crippen LogP contribution in [0, 0.1) is 0 Å². The third kappa shape index (κ3) is 3.57. The average molecular weight is 350 g/mol. The Balaban J connectivity index is 1.64. The maximum Gasteiger partial charge on any atom is 0.319 e. The minimum absolute atomic E-state index is 0.251. The van der Waals surface area contributed by atoms with E-state index in [1.54, 1.807) is 0 Å². The Labute approximate surface area is 146 Å². The average Bonchev–Trinajstić information content (AvgIpc) is 3.16. The zero-order chi connectivity index (χ0) is 17.1. The summed E-state index contributed by atoms with van der Waals surface area (Å²) in [6, 6.07) is 0.159. The number of amides is 3. The zero-order valence-electron chi connectivity index (χ0n) is 14.2. The summed E-state index contributed by atoms with van der Waals surface area (Å²) in [5.41, 5.74) is 7.12. The number of hydrogen-bond donors (Lipinski definition) is 3. The minimum atomic E-state index is -0.447. The third-order valence-electron chi connectivity index (χ3n) is 5.05. The molecule has 1 aromatic heterocycles. The van der Waals surface area contributed by atoms with Crippen molar-refractivity contribution in [2.24, 2.45) is 5.73 Å². The largest absolute Gasteiger partial charge is 0.365 e. The quantitative estimate of drug-likeness (QED) is 0.761. The van der Waals surface area contributed by atoms with Gasteiger partial charge in [0.05, 0.1) is 5.56 Å². The molecule has 1 aromatic rings. The van der Waals surface area contributed by atoms with Crippen molar-refractivity contribution >= 4 is 28.3 Å². The van der Waals surface area contributed by atoms with Gasteiger partial charge in [-0.25, -0.2) is 4.79 Å². The first kappa shape index (κ1) is 17.2. The first-order chi connectivity index (χ1) is 11.6. The first-order valence-electron chi connectivity index (χ1n) is 8.83. The SMILES string of the molecule is CCN1CCC[C@@H]1CNC(=O)Nc1sc2c(c1C(N)=O)CCCC2. The number of rotatable bonds is 5. The van der Waals surface area contributed by atoms with Crippen molar-refractivity contribution in [1.82, 2.24) is 10.2 Å². The number of carbonyl (C=O) groups excluding carboxylic acids is 2. The number of primary amides is 1. The summed E-state index contributed by atoms with van der Waals surface area (Å²) in [5.74, 6) is -0.447. The summed E-state index contributed by atoms with van der Waals surface area (Å²) in [6.07, 6.45) is 6.35. The summed E-state index contributed by atoms with van der Waals surface area (Å²) >= 11 is 1.50. The summed E-state index contributed by atoms with van der Waals surface area (Å²) in [5, 5.41) is 6.40. The van der Waals surface area contributed by atoms with Gasteiger partial charge in [-0.3, -0.25) is 15.0 Å². The molecule has 0 saturated carbocycles. The monoisotopic (exact) mass is 350 g/mol. The van der Waals surface area contributed by atoms with E-state index in [2.05, 4.69) is 22.5 Å². The molecule has 1 saturated heterocycles. The lowest BCUT2D eigenvalue weighted by Gasteiger charge is -2.22. The minimum Gasteiger partial charge on any atom is -0.365 e. The Bertz CT molecular complexity index is 628. The molecule has 0 unspecified atom stereocenters. The Hall–Kier alpha value is -1.60. The van der Waals surface area contributed by atoms with Gasteiger partial charge in [0, 0.05) is 17.5 Å². The number of carbonyl (C=O) groups is 2. The Morgan fingerprint density at radius 1 is 1.29 bits per heavy atom. The van der Waals surface area contributed by atoms with Gasteiger partial charge in [-0.15, -0.1) is 11.3 Å². The van der Waals surface area contributed by atoms with Gasteiger partial charge in [-0.2, -0.15) is 0 Å². The van der Waals surface area contributed by atoms with Gasteiger partial charge in [0.2, 0.25) is 0 Å². The van der Waals surface area contributed by atoms with Gasteiger partial charge in [-0.05, 0) is 57.2 Å². The van der Waals surface area contributed by atoms with Crippen LogP contribution in [0.2, 0.25) is 0 Å². The van der Waals surface area contributed by atoms with Crippen LogP contribution in [0.25, 0.3) is 0 Å². The van der Waals surface area contributed by atoms with Gasteiger partial charge in [-0.1, -0.05) is 6.92 Å². The highest BCUT2D eigenvalue weighted by atomic mass is 32.1. The highest BCUT2D eigenvalue weighted by Crippen LogP contribution is 2.37. The molecule has 0 spiro atoms. The highest BCUT2D eigenvalue weighted by molar-refractivity contribution is 7.17. The molecule has 132 valence electrons. The standard InChI is InChI=1S/C17H26N4O2S/c1-2-21-9-5-6-11(21)10-19-17(23)20-16-14(15(18)22)12-7-3-4-8-13(12)24-16/h11H,2-10H2,1H3,(H2,18,22)(H2,19,20,23)/t11-/m1/s1. The molecule has 1 aliphatic heterocycles. The second kappa shape index (κ2) is 7.53. The van der Waals surface area contributed by atoms with Gasteiger partial charge in [0.15, 0.2) is 0 Å². The number of anilines is 1. The predicted molar refractivity (Wildman–Crippen MR) is 96.8 cm³/mol. The Morgan fingerprint density at radius 3 is 2.83 bits per heavy atom. The van der Waals surface area contributed by atoms with Crippen LogP contribution >= 0.6 is 11.3 Å². The number of hydrogen-bond acceptors (Lipinski definition) is 4. The van der Waals surface area contributed by atoms with Crippen molar-refractivity contribution in [3.05, 3.63) is 16.0 Å². The van der Waals surface area contributed by atoms with E-state index < -0.39 is 5.91 Å². The van der Waals surface area contributed by atoms with Gasteiger partial charge in [0.1, 0.15) is 5.00 Å². The molecule has 3 rings (SSSR count). The van der Waals surface area contributed by atoms with E-state index in [1.165, 1.54) is 22.6 Å². The molecule has 3 amide bonds. The van der Waals surface area contributed by atoms with Gasteiger partial charge < -0.3 is 11.1 Å². The zero-order valence-corrected chi connectivity index (χ0v) is 15.0. The number of likely N-dealkylation sites (N-methyl/N-ethyl adjacent to an activating group) is 1. The van der Waals surface area contributed by atoms with Crippen LogP contribution in [0.15, 0.2) is 0 Å². The van der Waals surface area contributed by atoms with Crippen molar-refractivity contribution in [2.45, 2.75) is 51.5 Å². The molecule has 2 heterocycles. The molecule has 2 aliphatic rings. The van der Waals surface area contributed by atoms with Crippen LogP contribution in [-0.4, -0.2) is 42.5 Å². The topological polar surface area (TPSA) is 87.5 Å². The van der Waals surface area contributed by atoms with Crippen molar-refractivity contribution < 1.29 is 9.59 Å². The summed E-state index contributed by atoms with van der Waals surface area (Å²) < 4.78 is 0. The van der Waals surface area contributed by atoms with Crippen LogP contribution < -0.4 is 16.4 Å².